The molecule has 1 aromatic heterocycles. The van der Waals surface area contributed by atoms with Gasteiger partial charge in [0, 0.05) is 10.6 Å². The van der Waals surface area contributed by atoms with Gasteiger partial charge in [-0.25, -0.2) is 14.2 Å². The molecule has 6 nitrogen and oxygen atoms in total. The minimum Gasteiger partial charge on any atom is -0.489 e. The van der Waals surface area contributed by atoms with Crippen molar-refractivity contribution in [3.05, 3.63) is 108 Å². The number of nitrogens with zero attached hydrogens (tertiary/aromatic N) is 2. The smallest absolute Gasteiger partial charge is 0.338 e. The molecule has 0 aliphatic carbocycles. The molecule has 1 aliphatic rings. The van der Waals surface area contributed by atoms with Crippen molar-refractivity contribution in [2.45, 2.75) is 19.9 Å². The highest BCUT2D eigenvalue weighted by Gasteiger charge is 2.33. The van der Waals surface area contributed by atoms with Crippen LogP contribution in [-0.2, 0) is 9.53 Å². The van der Waals surface area contributed by atoms with Crippen LogP contribution >= 0.6 is 22.9 Å². The van der Waals surface area contributed by atoms with Gasteiger partial charge in [-0.1, -0.05) is 47.7 Å². The Morgan fingerprint density at radius 2 is 2.03 bits per heavy atom. The van der Waals surface area contributed by atoms with Gasteiger partial charge in [0.25, 0.3) is 5.56 Å². The fourth-order valence-corrected chi connectivity index (χ4v) is 5.02. The molecule has 4 rings (SSSR count). The first-order valence-corrected chi connectivity index (χ1v) is 12.0. The van der Waals surface area contributed by atoms with E-state index in [1.54, 1.807) is 56.3 Å². The first kappa shape index (κ1) is 24.6. The number of carbonyl (C=O) groups is 1. The number of thiazole rings is 1. The van der Waals surface area contributed by atoms with Gasteiger partial charge in [0.05, 0.1) is 28.5 Å². The molecular weight excluding hydrogens is 491 g/mol. The Bertz CT molecular complexity index is 1510. The molecule has 35 heavy (non-hydrogen) atoms. The van der Waals surface area contributed by atoms with Crippen molar-refractivity contribution in [2.75, 3.05) is 13.2 Å². The van der Waals surface area contributed by atoms with Gasteiger partial charge in [-0.2, -0.15) is 0 Å². The third kappa shape index (κ3) is 4.99. The number of rotatable bonds is 7. The number of aromatic nitrogens is 1. The van der Waals surface area contributed by atoms with Crippen molar-refractivity contribution in [3.8, 4) is 5.75 Å². The molecule has 9 heteroatoms. The summed E-state index contributed by atoms with van der Waals surface area (Å²) >= 11 is 7.37. The molecule has 0 amide bonds. The van der Waals surface area contributed by atoms with Gasteiger partial charge in [-0.3, -0.25) is 9.36 Å². The second-order valence-electron chi connectivity index (χ2n) is 7.64. The van der Waals surface area contributed by atoms with Crippen LogP contribution in [0.15, 0.2) is 76.2 Å². The van der Waals surface area contributed by atoms with Crippen LogP contribution in [0.25, 0.3) is 6.08 Å². The molecule has 0 radical (unpaired) electrons. The first-order chi connectivity index (χ1) is 16.8. The quantitative estimate of drug-likeness (QED) is 0.352. The number of halogens is 2. The van der Waals surface area contributed by atoms with Gasteiger partial charge in [-0.05, 0) is 55.8 Å². The zero-order chi connectivity index (χ0) is 25.1. The third-order valence-corrected chi connectivity index (χ3v) is 6.54. The monoisotopic (exact) mass is 512 g/mol. The highest BCUT2D eigenvalue weighted by atomic mass is 35.5. The molecule has 180 valence electrons. The zero-order valence-electron chi connectivity index (χ0n) is 19.1. The number of ether oxygens (including phenoxy) is 2. The standard InChI is InChI=1S/C26H22ClFN2O4S/c1-4-12-34-20-11-8-18(27)13-17(20)14-21-24(31)30-23(16-6-9-19(28)10-7-16)22(25(32)33-5-2)15(3)29-26(30)35-21/h4,6-11,13-14,23H,1,5,12H2,2-3H3/b21-14-/t23-/m1/s1. The van der Waals surface area contributed by atoms with Gasteiger partial charge in [-0.15, -0.1) is 0 Å². The lowest BCUT2D eigenvalue weighted by Gasteiger charge is -2.24. The fraction of sp³-hybridized carbons (Fsp3) is 0.192. The van der Waals surface area contributed by atoms with Crippen LogP contribution in [-0.4, -0.2) is 23.8 Å². The second-order valence-corrected chi connectivity index (χ2v) is 9.08. The summed E-state index contributed by atoms with van der Waals surface area (Å²) in [6, 6.07) is 9.98. The van der Waals surface area contributed by atoms with E-state index in [0.29, 0.717) is 36.9 Å². The molecule has 2 heterocycles. The Hall–Kier alpha value is -3.49. The lowest BCUT2D eigenvalue weighted by molar-refractivity contribution is -0.139. The predicted octanol–water partition coefficient (Wildman–Crippen LogP) is 4.16. The van der Waals surface area contributed by atoms with Crippen molar-refractivity contribution >= 4 is 35.0 Å². The molecule has 0 bridgehead atoms. The average Bonchev–Trinajstić information content (AvgIpc) is 3.12. The lowest BCUT2D eigenvalue weighted by atomic mass is 9.96. The molecule has 2 aromatic carbocycles. The summed E-state index contributed by atoms with van der Waals surface area (Å²) in [5.74, 6) is -0.460. The maximum atomic E-state index is 13.7. The Kier molecular flexibility index (Phi) is 7.33. The maximum absolute atomic E-state index is 13.7. The number of carbonyl (C=O) groups excluding carboxylic acids is 1. The van der Waals surface area contributed by atoms with Gasteiger partial charge >= 0.3 is 5.97 Å². The van der Waals surface area contributed by atoms with Crippen LogP contribution in [0.5, 0.6) is 5.75 Å². The Balaban J connectivity index is 1.94. The summed E-state index contributed by atoms with van der Waals surface area (Å²) in [6.45, 7) is 7.51. The number of benzene rings is 2. The maximum Gasteiger partial charge on any atom is 0.338 e. The van der Waals surface area contributed by atoms with Crippen LogP contribution in [0.1, 0.15) is 31.0 Å². The van der Waals surface area contributed by atoms with E-state index in [2.05, 4.69) is 11.6 Å². The number of esters is 1. The van der Waals surface area contributed by atoms with Gasteiger partial charge in [0.15, 0.2) is 4.80 Å². The Labute approximate surface area is 209 Å². The van der Waals surface area contributed by atoms with Crippen LogP contribution in [0.2, 0.25) is 5.02 Å². The molecule has 0 saturated carbocycles. The molecule has 0 saturated heterocycles. The summed E-state index contributed by atoms with van der Waals surface area (Å²) in [4.78, 5) is 31.5. The zero-order valence-corrected chi connectivity index (χ0v) is 20.7. The minimum absolute atomic E-state index is 0.165. The first-order valence-electron chi connectivity index (χ1n) is 10.8. The molecule has 0 unspecified atom stereocenters. The van der Waals surface area contributed by atoms with Crippen LogP contribution in [0.4, 0.5) is 4.39 Å². The molecular formula is C26H22ClFN2O4S. The largest absolute Gasteiger partial charge is 0.489 e. The highest BCUT2D eigenvalue weighted by molar-refractivity contribution is 7.07. The van der Waals surface area contributed by atoms with E-state index in [-0.39, 0.29) is 24.3 Å². The number of hydrogen-bond acceptors (Lipinski definition) is 6. The van der Waals surface area contributed by atoms with E-state index < -0.39 is 17.8 Å². The molecule has 3 aromatic rings. The van der Waals surface area contributed by atoms with Gasteiger partial charge in [0.1, 0.15) is 18.2 Å². The minimum atomic E-state index is -0.816. The summed E-state index contributed by atoms with van der Waals surface area (Å²) in [5, 5.41) is 0.486. The summed E-state index contributed by atoms with van der Waals surface area (Å²) in [7, 11) is 0. The molecule has 0 N–H and O–H groups in total. The molecule has 0 spiro atoms. The van der Waals surface area contributed by atoms with E-state index >= 15 is 0 Å². The fourth-order valence-electron chi connectivity index (χ4n) is 3.81. The van der Waals surface area contributed by atoms with E-state index in [9.17, 15) is 14.0 Å². The van der Waals surface area contributed by atoms with Crippen molar-refractivity contribution in [1.29, 1.82) is 0 Å². The third-order valence-electron chi connectivity index (χ3n) is 5.32. The summed E-state index contributed by atoms with van der Waals surface area (Å²) in [6.07, 6.45) is 3.30. The van der Waals surface area contributed by atoms with Crippen LogP contribution < -0.4 is 19.6 Å². The highest BCUT2D eigenvalue weighted by Crippen LogP contribution is 2.31. The Morgan fingerprint density at radius 3 is 2.71 bits per heavy atom. The van der Waals surface area contributed by atoms with E-state index in [4.69, 9.17) is 21.1 Å². The lowest BCUT2D eigenvalue weighted by Crippen LogP contribution is -2.39. The Morgan fingerprint density at radius 1 is 1.29 bits per heavy atom. The summed E-state index contributed by atoms with van der Waals surface area (Å²) in [5.41, 5.74) is 1.49. The second kappa shape index (κ2) is 10.4. The van der Waals surface area contributed by atoms with Crippen molar-refractivity contribution in [1.82, 2.24) is 4.57 Å². The predicted molar refractivity (Wildman–Crippen MR) is 134 cm³/mol. The van der Waals surface area contributed by atoms with E-state index in [1.165, 1.54) is 28.0 Å². The topological polar surface area (TPSA) is 69.9 Å². The van der Waals surface area contributed by atoms with Gasteiger partial charge in [0.2, 0.25) is 0 Å². The van der Waals surface area contributed by atoms with E-state index in [1.807, 2.05) is 0 Å². The van der Waals surface area contributed by atoms with Crippen LogP contribution in [0.3, 0.4) is 0 Å². The van der Waals surface area contributed by atoms with Crippen molar-refractivity contribution < 1.29 is 18.7 Å². The van der Waals surface area contributed by atoms with Crippen molar-refractivity contribution in [3.63, 3.8) is 0 Å². The summed E-state index contributed by atoms with van der Waals surface area (Å²) < 4.78 is 26.5. The normalized spacial score (nSPS) is 15.4. The molecule has 0 fully saturated rings. The van der Waals surface area contributed by atoms with Crippen LogP contribution in [0, 0.1) is 5.82 Å². The molecule has 1 aliphatic heterocycles. The molecule has 1 atom stereocenters. The van der Waals surface area contributed by atoms with E-state index in [0.717, 1.165) is 0 Å². The van der Waals surface area contributed by atoms with Gasteiger partial charge < -0.3 is 9.47 Å². The average molecular weight is 513 g/mol. The van der Waals surface area contributed by atoms with Crippen molar-refractivity contribution in [2.24, 2.45) is 4.99 Å². The number of allylic oxidation sites excluding steroid dienone is 1. The number of hydrogen-bond donors (Lipinski definition) is 0. The SMILES string of the molecule is C=CCOc1ccc(Cl)cc1/C=c1\sc2n(c1=O)[C@H](c1ccc(F)cc1)C(C(=O)OCC)=C(C)N=2. The number of fused-ring (bicyclic) bond motifs is 1.